The van der Waals surface area contributed by atoms with Crippen LogP contribution in [-0.4, -0.2) is 38.4 Å². The van der Waals surface area contributed by atoms with Crippen molar-refractivity contribution in [3.05, 3.63) is 334 Å². The Morgan fingerprint density at radius 3 is 0.529 bits per heavy atom. The molecule has 0 radical (unpaired) electrons. The van der Waals surface area contributed by atoms with Gasteiger partial charge >= 0.3 is 0 Å². The summed E-state index contributed by atoms with van der Waals surface area (Å²) in [4.78, 5) is 0. The normalized spacial score (nSPS) is 12.3. The Hall–Kier alpha value is -11.8. The highest BCUT2D eigenvalue weighted by Gasteiger charge is 2.45. The number of benzene rings is 12. The lowest BCUT2D eigenvalue weighted by Crippen LogP contribution is -2.44. The second kappa shape index (κ2) is 32.4. The van der Waals surface area contributed by atoms with Crippen molar-refractivity contribution in [3.8, 4) is 91.2 Å². The number of nitrogens with zero attached hydrogens (tertiary/aromatic N) is 1. The number of hydrogen-bond acceptors (Lipinski definition) is 13. The molecule has 2 aliphatic heterocycles. The molecule has 516 valence electrons. The third-order valence-corrected chi connectivity index (χ3v) is 18.3. The van der Waals surface area contributed by atoms with Crippen molar-refractivity contribution in [2.24, 2.45) is 0 Å². The van der Waals surface area contributed by atoms with E-state index in [2.05, 4.69) is 72.8 Å². The fourth-order valence-corrected chi connectivity index (χ4v) is 13.7. The van der Waals surface area contributed by atoms with Crippen LogP contribution in [-0.2, 0) is 79.0 Å². The van der Waals surface area contributed by atoms with E-state index in [1.807, 2.05) is 194 Å². The topological polar surface area (TPSA) is 141 Å². The van der Waals surface area contributed by atoms with Crippen LogP contribution in [0.15, 0.2) is 267 Å². The monoisotopic (exact) mass is 1360 g/mol. The predicted molar refractivity (Wildman–Crippen MR) is 393 cm³/mol. The van der Waals surface area contributed by atoms with Crippen LogP contribution in [0.3, 0.4) is 0 Å². The lowest BCUT2D eigenvalue weighted by Gasteiger charge is -2.38. The summed E-state index contributed by atoms with van der Waals surface area (Å²) in [7, 11) is 6.77. The van der Waals surface area contributed by atoms with Gasteiger partial charge in [0.05, 0.1) is 28.4 Å². The van der Waals surface area contributed by atoms with E-state index in [0.717, 1.165) is 89.0 Å². The van der Waals surface area contributed by atoms with Crippen LogP contribution < -0.4 is 56.8 Å². The number of ether oxygens (including phenoxy) is 12. The molecule has 0 unspecified atom stereocenters. The summed E-state index contributed by atoms with van der Waals surface area (Å²) in [5.74, 6) is 5.53. The van der Waals surface area contributed by atoms with Gasteiger partial charge in [-0.3, -0.25) is 0 Å². The SMILES string of the molecule is COc1c(OCc2ccccc2)c(OCc2ccccc2)cc2c1-c1c(cc(OCc3ccccc3)c(OCc3ccccc3)c1OC)C[N+]1(C2)Cc2cc(OCc3ccccc3)c(OCc3ccccc3)c(OC)c2-c2c(cc(OCc3ccccc3)c(OCc3ccccc3)c2OC)C1.[OH-]. The molecule has 102 heavy (non-hydrogen) atoms. The summed E-state index contributed by atoms with van der Waals surface area (Å²) in [6.45, 7) is 3.36. The zero-order valence-electron chi connectivity index (χ0n) is 57.7. The fraction of sp³-hybridized carbons (Fsp3) is 0.182. The Balaban J connectivity index is 0.00000928. The molecule has 0 atom stereocenters. The van der Waals surface area contributed by atoms with Gasteiger partial charge in [0.15, 0.2) is 46.0 Å². The molecule has 14 heteroatoms. The van der Waals surface area contributed by atoms with Crippen LogP contribution in [0.2, 0.25) is 0 Å². The molecule has 1 N–H and O–H groups in total. The Bertz CT molecular complexity index is 4140. The summed E-state index contributed by atoms with van der Waals surface area (Å²) in [5, 5.41) is 0. The molecule has 0 fully saturated rings. The number of methoxy groups -OCH3 is 4. The van der Waals surface area contributed by atoms with Crippen molar-refractivity contribution in [2.45, 2.75) is 79.0 Å². The van der Waals surface area contributed by atoms with E-state index in [1.165, 1.54) is 0 Å². The zero-order chi connectivity index (χ0) is 68.7. The third kappa shape index (κ3) is 15.5. The maximum Gasteiger partial charge on any atom is 0.204 e. The van der Waals surface area contributed by atoms with E-state index in [-0.39, 0.29) is 58.3 Å². The van der Waals surface area contributed by atoms with Crippen molar-refractivity contribution < 1.29 is 66.8 Å². The molecule has 0 saturated carbocycles. The molecule has 0 saturated heterocycles. The van der Waals surface area contributed by atoms with Crippen molar-refractivity contribution in [2.75, 3.05) is 28.4 Å². The lowest BCUT2D eigenvalue weighted by molar-refractivity contribution is -0.978. The van der Waals surface area contributed by atoms with Crippen LogP contribution in [0.4, 0.5) is 0 Å². The van der Waals surface area contributed by atoms with Crippen LogP contribution >= 0.6 is 0 Å². The lowest BCUT2D eigenvalue weighted by atomic mass is 9.93. The van der Waals surface area contributed by atoms with Crippen LogP contribution in [0.25, 0.3) is 22.3 Å². The van der Waals surface area contributed by atoms with Gasteiger partial charge in [0.25, 0.3) is 0 Å². The minimum atomic E-state index is 0. The largest absolute Gasteiger partial charge is 0.870 e. The molecule has 12 aromatic rings. The smallest absolute Gasteiger partial charge is 0.204 e. The van der Waals surface area contributed by atoms with E-state index in [4.69, 9.17) is 56.8 Å². The van der Waals surface area contributed by atoms with Crippen LogP contribution in [0.5, 0.6) is 69.0 Å². The third-order valence-electron chi connectivity index (χ3n) is 18.3. The summed E-state index contributed by atoms with van der Waals surface area (Å²) in [6, 6.07) is 89.6. The van der Waals surface area contributed by atoms with Gasteiger partial charge in [0, 0.05) is 44.5 Å². The Morgan fingerprint density at radius 2 is 0.373 bits per heavy atom. The van der Waals surface area contributed by atoms with E-state index in [1.54, 1.807) is 28.4 Å². The molecule has 14 rings (SSSR count). The van der Waals surface area contributed by atoms with Crippen LogP contribution in [0.1, 0.15) is 66.8 Å². The van der Waals surface area contributed by atoms with E-state index in [9.17, 15) is 0 Å². The quantitative estimate of drug-likeness (QED) is 0.0430. The molecular formula is C88H81NO13. The van der Waals surface area contributed by atoms with Crippen molar-refractivity contribution in [3.63, 3.8) is 0 Å². The first-order valence-corrected chi connectivity index (χ1v) is 34.0. The van der Waals surface area contributed by atoms with Gasteiger partial charge in [-0.1, -0.05) is 243 Å². The second-order valence-electron chi connectivity index (χ2n) is 25.3. The van der Waals surface area contributed by atoms with Crippen LogP contribution in [0, 0.1) is 0 Å². The number of hydrogen-bond donors (Lipinski definition) is 0. The minimum absolute atomic E-state index is 0. The summed E-state index contributed by atoms with van der Waals surface area (Å²) in [6.07, 6.45) is 0. The Kier molecular flexibility index (Phi) is 21.8. The summed E-state index contributed by atoms with van der Waals surface area (Å²) in [5.41, 5.74) is 14.3. The molecule has 1 spiro atoms. The molecule has 2 heterocycles. The van der Waals surface area contributed by atoms with Crippen molar-refractivity contribution in [1.29, 1.82) is 0 Å². The van der Waals surface area contributed by atoms with Gasteiger partial charge in [0.2, 0.25) is 23.0 Å². The number of quaternary nitrogens is 1. The predicted octanol–water partition coefficient (Wildman–Crippen LogP) is 19.1. The zero-order valence-corrected chi connectivity index (χ0v) is 57.7. The highest BCUT2D eigenvalue weighted by Crippen LogP contribution is 2.61. The van der Waals surface area contributed by atoms with E-state index >= 15 is 0 Å². The standard InChI is InChI=1S/C88H80NO12.H2O/c1-90-85-77-69(45-73(94-53-61-29-13-5-14-30-61)81(85)98-57-65-37-21-9-22-38-65)49-89(50-70-46-74(95-54-62-31-15-6-16-32-62)82(86(91-2)78(70)77)99-58-66-39-23-10-24-40-66)51-71-47-75(96-55-63-33-17-7-18-34-63)83(100-59-67-41-25-11-26-42-67)87(92-3)79(71)80-72(52-89)48-76(97-56-64-35-19-8-20-36-64)84(88(80)93-4)101-60-68-43-27-12-28-44-68;/h5-48H,49-60H2,1-4H3;1H2/q+1;/p-1. The molecule has 0 aliphatic carbocycles. The Labute approximate surface area is 596 Å². The molecule has 0 bridgehead atoms. The summed E-state index contributed by atoms with van der Waals surface area (Å²) < 4.78 is 84.6. The van der Waals surface area contributed by atoms with E-state index in [0.29, 0.717) is 99.7 Å². The van der Waals surface area contributed by atoms with Gasteiger partial charge in [-0.05, 0) is 68.8 Å². The molecule has 0 amide bonds. The molecule has 0 aromatic heterocycles. The van der Waals surface area contributed by atoms with Crippen molar-refractivity contribution in [1.82, 2.24) is 0 Å². The van der Waals surface area contributed by atoms with Gasteiger partial charge in [-0.2, -0.15) is 0 Å². The first kappa shape index (κ1) is 68.7. The molecular weight excluding hydrogens is 1280 g/mol. The first-order valence-electron chi connectivity index (χ1n) is 34.0. The van der Waals surface area contributed by atoms with Gasteiger partial charge in [-0.25, -0.2) is 0 Å². The maximum absolute atomic E-state index is 7.10. The first-order chi connectivity index (χ1) is 49.8. The molecule has 12 aromatic carbocycles. The highest BCUT2D eigenvalue weighted by molar-refractivity contribution is 5.90. The molecule has 2 aliphatic rings. The summed E-state index contributed by atoms with van der Waals surface area (Å²) >= 11 is 0. The second-order valence-corrected chi connectivity index (χ2v) is 25.3. The maximum atomic E-state index is 7.10. The van der Waals surface area contributed by atoms with Gasteiger partial charge in [0.1, 0.15) is 79.0 Å². The fourth-order valence-electron chi connectivity index (χ4n) is 13.7. The number of rotatable bonds is 28. The van der Waals surface area contributed by atoms with Crippen molar-refractivity contribution >= 4 is 0 Å². The average Bonchev–Trinajstić information content (AvgIpc) is 1.53. The minimum Gasteiger partial charge on any atom is -0.870 e. The number of fused-ring (bicyclic) bond motifs is 6. The Morgan fingerprint density at radius 1 is 0.216 bits per heavy atom. The average molecular weight is 1360 g/mol. The highest BCUT2D eigenvalue weighted by atomic mass is 16.6. The molecule has 14 nitrogen and oxygen atoms in total. The van der Waals surface area contributed by atoms with E-state index < -0.39 is 0 Å². The van der Waals surface area contributed by atoms with Gasteiger partial charge < -0.3 is 66.8 Å². The van der Waals surface area contributed by atoms with Gasteiger partial charge in [-0.15, -0.1) is 0 Å².